The van der Waals surface area contributed by atoms with E-state index < -0.39 is 28.5 Å². The Hall–Kier alpha value is -2.20. The van der Waals surface area contributed by atoms with E-state index in [-0.39, 0.29) is 23.2 Å². The van der Waals surface area contributed by atoms with Gasteiger partial charge in [-0.2, -0.15) is 0 Å². The molecule has 0 fully saturated rings. The van der Waals surface area contributed by atoms with Crippen molar-refractivity contribution in [3.63, 3.8) is 0 Å². The van der Waals surface area contributed by atoms with Crippen LogP contribution in [0.1, 0.15) is 25.8 Å². The molecule has 1 N–H and O–H groups in total. The van der Waals surface area contributed by atoms with E-state index in [1.165, 1.54) is 36.3 Å². The Labute approximate surface area is 221 Å². The van der Waals surface area contributed by atoms with Gasteiger partial charge < -0.3 is 15.0 Å². The first kappa shape index (κ1) is 29.0. The Morgan fingerprint density at radius 1 is 1.09 bits per heavy atom. The number of anilines is 1. The molecule has 8 nitrogen and oxygen atoms in total. The Kier molecular flexibility index (Phi) is 10.5. The molecule has 0 saturated heterocycles. The van der Waals surface area contributed by atoms with Crippen LogP contribution in [0.15, 0.2) is 36.4 Å². The van der Waals surface area contributed by atoms with Gasteiger partial charge in [-0.1, -0.05) is 47.8 Å². The summed E-state index contributed by atoms with van der Waals surface area (Å²) in [4.78, 5) is 27.5. The number of hydrogen-bond acceptors (Lipinski definition) is 5. The van der Waals surface area contributed by atoms with Crippen LogP contribution in [0.2, 0.25) is 15.1 Å². The number of benzene rings is 2. The third kappa shape index (κ3) is 7.90. The van der Waals surface area contributed by atoms with E-state index in [2.05, 4.69) is 5.32 Å². The van der Waals surface area contributed by atoms with Crippen LogP contribution in [-0.2, 0) is 26.2 Å². The lowest BCUT2D eigenvalue weighted by atomic mass is 10.1. The molecule has 2 aromatic carbocycles. The standard InChI is InChI=1S/C23H28Cl3N3O5S/c1-5-10-27-23(31)15(2)28(13-16-6-7-17(24)11-19(16)25)22(30)14-29(35(4,32)33)18-8-9-21(34-3)20(26)12-18/h6-9,11-12,15H,5,10,13-14H2,1-4H3,(H,27,31). The van der Waals surface area contributed by atoms with Gasteiger partial charge in [-0.05, 0) is 49.2 Å². The van der Waals surface area contributed by atoms with Crippen molar-refractivity contribution >= 4 is 62.3 Å². The monoisotopic (exact) mass is 563 g/mol. The number of amides is 2. The van der Waals surface area contributed by atoms with Gasteiger partial charge >= 0.3 is 0 Å². The van der Waals surface area contributed by atoms with E-state index in [4.69, 9.17) is 39.5 Å². The van der Waals surface area contributed by atoms with Crippen LogP contribution in [0.25, 0.3) is 0 Å². The molecular formula is C23H28Cl3N3O5S. The summed E-state index contributed by atoms with van der Waals surface area (Å²) in [5, 5.41) is 3.68. The number of nitrogens with zero attached hydrogens (tertiary/aromatic N) is 2. The molecule has 2 amide bonds. The maximum Gasteiger partial charge on any atom is 0.244 e. The molecule has 1 atom stereocenters. The maximum absolute atomic E-state index is 13.5. The maximum atomic E-state index is 13.5. The molecule has 0 spiro atoms. The average molecular weight is 565 g/mol. The smallest absolute Gasteiger partial charge is 0.244 e. The fraction of sp³-hybridized carbons (Fsp3) is 0.391. The summed E-state index contributed by atoms with van der Waals surface area (Å²) in [6.07, 6.45) is 1.70. The summed E-state index contributed by atoms with van der Waals surface area (Å²) in [7, 11) is -2.45. The van der Waals surface area contributed by atoms with Crippen molar-refractivity contribution in [2.75, 3.05) is 30.8 Å². The molecule has 0 aromatic heterocycles. The van der Waals surface area contributed by atoms with Crippen molar-refractivity contribution in [3.05, 3.63) is 57.0 Å². The zero-order valence-corrected chi connectivity index (χ0v) is 22.9. The highest BCUT2D eigenvalue weighted by atomic mass is 35.5. The van der Waals surface area contributed by atoms with E-state index in [1.54, 1.807) is 19.1 Å². The molecule has 0 bridgehead atoms. The van der Waals surface area contributed by atoms with E-state index in [0.29, 0.717) is 27.9 Å². The molecule has 0 aliphatic heterocycles. The lowest BCUT2D eigenvalue weighted by Crippen LogP contribution is -2.51. The van der Waals surface area contributed by atoms with Gasteiger partial charge in [-0.3, -0.25) is 13.9 Å². The highest BCUT2D eigenvalue weighted by molar-refractivity contribution is 7.92. The molecule has 0 heterocycles. The number of ether oxygens (including phenoxy) is 1. The first-order valence-electron chi connectivity index (χ1n) is 10.7. The van der Waals surface area contributed by atoms with Gasteiger partial charge in [0.25, 0.3) is 0 Å². The third-order valence-corrected chi connectivity index (χ3v) is 7.20. The number of sulfonamides is 1. The van der Waals surface area contributed by atoms with E-state index in [9.17, 15) is 18.0 Å². The van der Waals surface area contributed by atoms with Gasteiger partial charge in [0.15, 0.2) is 0 Å². The zero-order chi connectivity index (χ0) is 26.3. The van der Waals surface area contributed by atoms with Crippen molar-refractivity contribution in [2.45, 2.75) is 32.9 Å². The van der Waals surface area contributed by atoms with Crippen molar-refractivity contribution in [1.82, 2.24) is 10.2 Å². The molecule has 35 heavy (non-hydrogen) atoms. The second-order valence-electron chi connectivity index (χ2n) is 7.81. The van der Waals surface area contributed by atoms with Gasteiger partial charge in [0.05, 0.1) is 24.1 Å². The second kappa shape index (κ2) is 12.7. The molecule has 0 aliphatic carbocycles. The molecular weight excluding hydrogens is 537 g/mol. The molecule has 0 saturated carbocycles. The fourth-order valence-corrected chi connectivity index (χ4v) is 4.80. The van der Waals surface area contributed by atoms with Crippen LogP contribution in [0, 0.1) is 0 Å². The zero-order valence-electron chi connectivity index (χ0n) is 19.8. The highest BCUT2D eigenvalue weighted by Gasteiger charge is 2.30. The van der Waals surface area contributed by atoms with E-state index >= 15 is 0 Å². The molecule has 0 aliphatic rings. The first-order chi connectivity index (χ1) is 16.4. The molecule has 0 radical (unpaired) electrons. The number of halogens is 3. The average Bonchev–Trinajstić information content (AvgIpc) is 2.79. The summed E-state index contributed by atoms with van der Waals surface area (Å²) in [5.41, 5.74) is 0.733. The van der Waals surface area contributed by atoms with E-state index in [1.807, 2.05) is 6.92 Å². The van der Waals surface area contributed by atoms with Crippen molar-refractivity contribution in [2.24, 2.45) is 0 Å². The molecule has 192 valence electrons. The van der Waals surface area contributed by atoms with Crippen LogP contribution in [0.3, 0.4) is 0 Å². The Balaban J connectivity index is 2.43. The van der Waals surface area contributed by atoms with Crippen molar-refractivity contribution < 1.29 is 22.7 Å². The molecule has 1 unspecified atom stereocenters. The lowest BCUT2D eigenvalue weighted by molar-refractivity contribution is -0.139. The van der Waals surface area contributed by atoms with Crippen LogP contribution >= 0.6 is 34.8 Å². The summed E-state index contributed by atoms with van der Waals surface area (Å²) in [6.45, 7) is 3.33. The van der Waals surface area contributed by atoms with Crippen LogP contribution < -0.4 is 14.4 Å². The number of carbonyl (C=O) groups is 2. The minimum Gasteiger partial charge on any atom is -0.495 e. The number of carbonyl (C=O) groups excluding carboxylic acids is 2. The van der Waals surface area contributed by atoms with Crippen LogP contribution in [-0.4, -0.2) is 57.6 Å². The number of methoxy groups -OCH3 is 1. The summed E-state index contributed by atoms with van der Waals surface area (Å²) in [5.74, 6) is -0.619. The van der Waals surface area contributed by atoms with Crippen LogP contribution in [0.5, 0.6) is 5.75 Å². The van der Waals surface area contributed by atoms with Crippen molar-refractivity contribution in [1.29, 1.82) is 0 Å². The minimum atomic E-state index is -3.89. The topological polar surface area (TPSA) is 96.0 Å². The van der Waals surface area contributed by atoms with Crippen LogP contribution in [0.4, 0.5) is 5.69 Å². The largest absolute Gasteiger partial charge is 0.495 e. The summed E-state index contributed by atoms with van der Waals surface area (Å²) >= 11 is 18.5. The van der Waals surface area contributed by atoms with Gasteiger partial charge in [-0.15, -0.1) is 0 Å². The fourth-order valence-electron chi connectivity index (χ4n) is 3.24. The number of rotatable bonds is 11. The first-order valence-corrected chi connectivity index (χ1v) is 13.7. The predicted molar refractivity (Wildman–Crippen MR) is 140 cm³/mol. The second-order valence-corrected chi connectivity index (χ2v) is 11.0. The highest BCUT2D eigenvalue weighted by Crippen LogP contribution is 2.30. The Morgan fingerprint density at radius 2 is 1.77 bits per heavy atom. The minimum absolute atomic E-state index is 0.0312. The normalized spacial score (nSPS) is 12.1. The number of hydrogen-bond donors (Lipinski definition) is 1. The summed E-state index contributed by atoms with van der Waals surface area (Å²) in [6, 6.07) is 8.29. The molecule has 2 rings (SSSR count). The Bertz CT molecular complexity index is 1180. The predicted octanol–water partition coefficient (Wildman–Crippen LogP) is 4.36. The third-order valence-electron chi connectivity index (χ3n) is 5.17. The molecule has 12 heteroatoms. The SMILES string of the molecule is CCCNC(=O)C(C)N(Cc1ccc(Cl)cc1Cl)C(=O)CN(c1ccc(OC)c(Cl)c1)S(C)(=O)=O. The quantitative estimate of drug-likeness (QED) is 0.437. The number of nitrogens with one attached hydrogen (secondary N) is 1. The van der Waals surface area contributed by atoms with Crippen molar-refractivity contribution in [3.8, 4) is 5.75 Å². The van der Waals surface area contributed by atoms with Gasteiger partial charge in [0.1, 0.15) is 18.3 Å². The summed E-state index contributed by atoms with van der Waals surface area (Å²) < 4.78 is 31.3. The Morgan fingerprint density at radius 3 is 2.31 bits per heavy atom. The van der Waals surface area contributed by atoms with Gasteiger partial charge in [-0.25, -0.2) is 8.42 Å². The van der Waals surface area contributed by atoms with Gasteiger partial charge in [0.2, 0.25) is 21.8 Å². The van der Waals surface area contributed by atoms with Gasteiger partial charge in [0, 0.05) is 23.1 Å². The lowest BCUT2D eigenvalue weighted by Gasteiger charge is -2.31. The van der Waals surface area contributed by atoms with E-state index in [0.717, 1.165) is 17.0 Å². The molecule has 2 aromatic rings.